The normalized spacial score (nSPS) is 21.3. The van der Waals surface area contributed by atoms with Crippen molar-refractivity contribution in [2.75, 3.05) is 6.61 Å². The highest BCUT2D eigenvalue weighted by atomic mass is 16.3. The van der Waals surface area contributed by atoms with Crippen LogP contribution in [0, 0.1) is 5.92 Å². The fraction of sp³-hybridized carbons (Fsp3) is 0.500. The van der Waals surface area contributed by atoms with E-state index in [1.165, 1.54) is 6.42 Å². The zero-order valence-electron chi connectivity index (χ0n) is 8.19. The number of benzene rings is 1. The van der Waals surface area contributed by atoms with Gasteiger partial charge in [0.15, 0.2) is 0 Å². The van der Waals surface area contributed by atoms with Crippen LogP contribution in [0.3, 0.4) is 0 Å². The van der Waals surface area contributed by atoms with Crippen LogP contribution < -0.4 is 0 Å². The predicted molar refractivity (Wildman–Crippen MR) is 54.8 cm³/mol. The summed E-state index contributed by atoms with van der Waals surface area (Å²) >= 11 is 0. The topological polar surface area (TPSA) is 40.5 Å². The Labute approximate surface area is 84.2 Å². The lowest BCUT2D eigenvalue weighted by atomic mass is 9.70. The van der Waals surface area contributed by atoms with E-state index in [0.29, 0.717) is 0 Å². The average Bonchev–Trinajstić information content (AvgIpc) is 2.16. The van der Waals surface area contributed by atoms with Gasteiger partial charge in [-0.15, -0.1) is 0 Å². The van der Waals surface area contributed by atoms with Crippen LogP contribution in [0.15, 0.2) is 30.3 Å². The summed E-state index contributed by atoms with van der Waals surface area (Å²) in [6.07, 6.45) is 3.21. The van der Waals surface area contributed by atoms with Gasteiger partial charge in [0.2, 0.25) is 0 Å². The molecule has 2 N–H and O–H groups in total. The molecule has 1 unspecified atom stereocenters. The minimum absolute atomic E-state index is 0.179. The summed E-state index contributed by atoms with van der Waals surface area (Å²) in [7, 11) is 0. The van der Waals surface area contributed by atoms with Crippen molar-refractivity contribution in [1.82, 2.24) is 0 Å². The summed E-state index contributed by atoms with van der Waals surface area (Å²) < 4.78 is 0. The van der Waals surface area contributed by atoms with Gasteiger partial charge in [0.1, 0.15) is 5.60 Å². The largest absolute Gasteiger partial charge is 0.393 e. The van der Waals surface area contributed by atoms with Crippen molar-refractivity contribution >= 4 is 0 Å². The highest BCUT2D eigenvalue weighted by molar-refractivity contribution is 5.24. The summed E-state index contributed by atoms with van der Waals surface area (Å²) in [6, 6.07) is 9.48. The fourth-order valence-electron chi connectivity index (χ4n) is 2.07. The van der Waals surface area contributed by atoms with Gasteiger partial charge in [-0.1, -0.05) is 36.8 Å². The lowest BCUT2D eigenvalue weighted by Gasteiger charge is -2.40. The first-order chi connectivity index (χ1) is 6.77. The zero-order chi connectivity index (χ0) is 10.0. The van der Waals surface area contributed by atoms with Crippen molar-refractivity contribution in [3.8, 4) is 0 Å². The maximum Gasteiger partial charge on any atom is 0.115 e. The second-order valence-electron chi connectivity index (χ2n) is 4.08. The van der Waals surface area contributed by atoms with E-state index < -0.39 is 5.60 Å². The van der Waals surface area contributed by atoms with Crippen molar-refractivity contribution in [2.45, 2.75) is 24.9 Å². The minimum Gasteiger partial charge on any atom is -0.393 e. The van der Waals surface area contributed by atoms with E-state index in [1.807, 2.05) is 30.3 Å². The molecule has 2 nitrogen and oxygen atoms in total. The summed E-state index contributed by atoms with van der Waals surface area (Å²) in [5, 5.41) is 19.7. The molecular weight excluding hydrogens is 176 g/mol. The molecule has 2 rings (SSSR count). The van der Waals surface area contributed by atoms with E-state index in [0.717, 1.165) is 18.4 Å². The molecule has 0 aromatic heterocycles. The number of hydrogen-bond acceptors (Lipinski definition) is 2. The molecule has 1 saturated carbocycles. The average molecular weight is 192 g/mol. The summed E-state index contributed by atoms with van der Waals surface area (Å²) in [4.78, 5) is 0. The van der Waals surface area contributed by atoms with Crippen molar-refractivity contribution in [2.24, 2.45) is 5.92 Å². The summed E-state index contributed by atoms with van der Waals surface area (Å²) in [5.41, 5.74) is -0.174. The van der Waals surface area contributed by atoms with Gasteiger partial charge >= 0.3 is 0 Å². The van der Waals surface area contributed by atoms with Crippen LogP contribution in [0.1, 0.15) is 24.8 Å². The molecule has 1 aromatic carbocycles. The van der Waals surface area contributed by atoms with E-state index in [9.17, 15) is 10.2 Å². The third-order valence-electron chi connectivity index (χ3n) is 3.30. The standard InChI is InChI=1S/C12H16O2/c13-9-12(14,11-7-4-8-11)10-5-2-1-3-6-10/h1-3,5-6,11,13-14H,4,7-9H2. The monoisotopic (exact) mass is 192 g/mol. The molecule has 0 aliphatic heterocycles. The maximum absolute atomic E-state index is 10.4. The molecule has 14 heavy (non-hydrogen) atoms. The lowest BCUT2D eigenvalue weighted by Crippen LogP contribution is -2.42. The van der Waals surface area contributed by atoms with Crippen LogP contribution >= 0.6 is 0 Å². The predicted octanol–water partition coefficient (Wildman–Crippen LogP) is 1.67. The van der Waals surface area contributed by atoms with Crippen LogP contribution in [0.2, 0.25) is 0 Å². The smallest absolute Gasteiger partial charge is 0.115 e. The van der Waals surface area contributed by atoms with E-state index in [2.05, 4.69) is 0 Å². The Hall–Kier alpha value is -0.860. The maximum atomic E-state index is 10.4. The van der Waals surface area contributed by atoms with Gasteiger partial charge in [-0.05, 0) is 24.3 Å². The number of rotatable bonds is 3. The quantitative estimate of drug-likeness (QED) is 0.764. The van der Waals surface area contributed by atoms with Gasteiger partial charge in [-0.2, -0.15) is 0 Å². The van der Waals surface area contributed by atoms with Crippen LogP contribution in [-0.4, -0.2) is 16.8 Å². The molecule has 0 saturated heterocycles. The van der Waals surface area contributed by atoms with E-state index in [1.54, 1.807) is 0 Å². The first-order valence-corrected chi connectivity index (χ1v) is 5.16. The first-order valence-electron chi connectivity index (χ1n) is 5.16. The number of aliphatic hydroxyl groups is 2. The van der Waals surface area contributed by atoms with E-state index >= 15 is 0 Å². The van der Waals surface area contributed by atoms with Crippen LogP contribution in [0.25, 0.3) is 0 Å². The minimum atomic E-state index is -1.01. The van der Waals surface area contributed by atoms with E-state index in [4.69, 9.17) is 0 Å². The Morgan fingerprint density at radius 1 is 1.21 bits per heavy atom. The van der Waals surface area contributed by atoms with Gasteiger partial charge in [0.25, 0.3) is 0 Å². The van der Waals surface area contributed by atoms with Crippen molar-refractivity contribution in [3.05, 3.63) is 35.9 Å². The van der Waals surface area contributed by atoms with Gasteiger partial charge in [-0.3, -0.25) is 0 Å². The first kappa shape index (κ1) is 9.69. The molecule has 2 heteroatoms. The Morgan fingerprint density at radius 2 is 1.86 bits per heavy atom. The van der Waals surface area contributed by atoms with Gasteiger partial charge in [0, 0.05) is 0 Å². The Balaban J connectivity index is 2.27. The Morgan fingerprint density at radius 3 is 2.29 bits per heavy atom. The van der Waals surface area contributed by atoms with Crippen LogP contribution in [0.4, 0.5) is 0 Å². The highest BCUT2D eigenvalue weighted by Gasteiger charge is 2.40. The second kappa shape index (κ2) is 3.71. The van der Waals surface area contributed by atoms with Gasteiger partial charge < -0.3 is 10.2 Å². The SMILES string of the molecule is OCC(O)(c1ccccc1)C1CCC1. The molecule has 0 spiro atoms. The molecule has 1 fully saturated rings. The van der Waals surface area contributed by atoms with Crippen LogP contribution in [0.5, 0.6) is 0 Å². The summed E-state index contributed by atoms with van der Waals surface area (Å²) in [6.45, 7) is -0.179. The molecule has 1 aliphatic carbocycles. The zero-order valence-corrected chi connectivity index (χ0v) is 8.19. The molecule has 1 atom stereocenters. The van der Waals surface area contributed by atoms with Crippen molar-refractivity contribution in [3.63, 3.8) is 0 Å². The van der Waals surface area contributed by atoms with Crippen molar-refractivity contribution < 1.29 is 10.2 Å². The fourth-order valence-corrected chi connectivity index (χ4v) is 2.07. The Kier molecular flexibility index (Phi) is 2.57. The number of aliphatic hydroxyl groups excluding tert-OH is 1. The van der Waals surface area contributed by atoms with Gasteiger partial charge in [0.05, 0.1) is 6.61 Å². The van der Waals surface area contributed by atoms with E-state index in [-0.39, 0.29) is 12.5 Å². The molecule has 0 radical (unpaired) electrons. The Bertz CT molecular complexity index is 292. The molecule has 0 heterocycles. The van der Waals surface area contributed by atoms with Crippen molar-refractivity contribution in [1.29, 1.82) is 0 Å². The molecule has 1 aliphatic rings. The molecule has 0 bridgehead atoms. The third kappa shape index (κ3) is 1.45. The molecule has 0 amide bonds. The lowest BCUT2D eigenvalue weighted by molar-refractivity contribution is -0.0930. The second-order valence-corrected chi connectivity index (χ2v) is 4.08. The number of hydrogen-bond donors (Lipinski definition) is 2. The molecular formula is C12H16O2. The van der Waals surface area contributed by atoms with Gasteiger partial charge in [-0.25, -0.2) is 0 Å². The third-order valence-corrected chi connectivity index (χ3v) is 3.30. The highest BCUT2D eigenvalue weighted by Crippen LogP contribution is 2.41. The van der Waals surface area contributed by atoms with Crippen LogP contribution in [-0.2, 0) is 5.60 Å². The molecule has 1 aromatic rings. The molecule has 76 valence electrons. The summed E-state index contributed by atoms with van der Waals surface area (Å²) in [5.74, 6) is 0.231.